The molecular weight excluding hydrogens is 1630 g/mol. The van der Waals surface area contributed by atoms with Gasteiger partial charge in [-0.3, -0.25) is 13.2 Å². The molecule has 12 heteroatoms. The summed E-state index contributed by atoms with van der Waals surface area (Å²) in [6.45, 7) is 0. The first-order chi connectivity index (χ1) is 63.6. The van der Waals surface area contributed by atoms with E-state index < -0.39 is 21.4 Å². The number of aromatic nitrogens is 6. The van der Waals surface area contributed by atoms with Crippen LogP contribution in [0.1, 0.15) is 0 Å². The molecule has 6 aromatic heterocycles. The largest absolute Gasteiger partial charge is 0.309 e. The summed E-state index contributed by atoms with van der Waals surface area (Å²) in [4.78, 5) is 15.6. The number of hydrogen-bond acceptors (Lipinski definition) is 6. The Bertz CT molecular complexity index is 9360. The standard InChI is InChI=1S/3C39H25N2OP/c42-43(28-15-3-1-4-16-28,29-17-5-2-6-18-29)38-31-20-10-8-14-27(31)25-33-32-24-23-26-13-7-9-19-30(26)36(32)39-40-34-21-11-12-22-35(34)41(39)37(33)38;42-43(28-14-3-1-4-15-28,29-16-5-2-6-17-29)37-21-11-13-27-24-33-31-23-22-26-12-7-8-18-30(26)38(31)39-40-34-19-9-10-20-35(34)41(39)36(33)25-32(27)37;42-43(29-12-3-1-4-13-29,30-14-5-2-6-15-30)31-21-19-27-24-34-33-22-20-26-11-7-8-16-32(26)38(33)39-40-35-17-9-10-18-36(35)41(39)37(34)25-28(27)23-31/h3*1-25H. The van der Waals surface area contributed by atoms with E-state index in [1.165, 1.54) is 37.7 Å². The topological polar surface area (TPSA) is 103 Å². The maximum atomic E-state index is 16.3. The molecule has 0 fully saturated rings. The average Bonchev–Trinajstić information content (AvgIpc) is 1.38. The van der Waals surface area contributed by atoms with Crippen LogP contribution in [0.5, 0.6) is 0 Å². The highest BCUT2D eigenvalue weighted by atomic mass is 31.2. The van der Waals surface area contributed by atoms with Gasteiger partial charge in [0.25, 0.3) is 0 Å². The third-order valence-electron chi connectivity index (χ3n) is 26.4. The minimum atomic E-state index is -3.40. The van der Waals surface area contributed by atoms with E-state index in [2.05, 4.69) is 256 Å². The molecule has 0 saturated heterocycles. The van der Waals surface area contributed by atoms with Crippen molar-refractivity contribution < 1.29 is 13.7 Å². The fraction of sp³-hybridized carbons (Fsp3) is 0. The number of nitrogens with zero attached hydrogens (tertiary/aromatic N) is 6. The zero-order valence-electron chi connectivity index (χ0n) is 69.6. The Kier molecular flexibility index (Phi) is 17.6. The molecule has 0 radical (unpaired) electrons. The Morgan fingerprint density at radius 3 is 0.961 bits per heavy atom. The first-order valence-electron chi connectivity index (χ1n) is 43.5. The third kappa shape index (κ3) is 11.7. The van der Waals surface area contributed by atoms with Crippen molar-refractivity contribution in [1.82, 2.24) is 28.2 Å². The number of pyridine rings is 3. The Morgan fingerprint density at radius 2 is 0.504 bits per heavy atom. The first kappa shape index (κ1) is 75.8. The Labute approximate surface area is 740 Å². The fourth-order valence-electron chi connectivity index (χ4n) is 20.5. The van der Waals surface area contributed by atoms with Crippen LogP contribution >= 0.6 is 21.4 Å². The van der Waals surface area contributed by atoms with Gasteiger partial charge in [-0.2, -0.15) is 0 Å². The third-order valence-corrected chi connectivity index (χ3v) is 35.7. The van der Waals surface area contributed by atoms with Crippen LogP contribution < -0.4 is 47.7 Å². The maximum Gasteiger partial charge on any atom is 0.173 e. The van der Waals surface area contributed by atoms with Gasteiger partial charge in [0.15, 0.2) is 21.4 Å². The highest BCUT2D eigenvalue weighted by molar-refractivity contribution is 7.86. The van der Waals surface area contributed by atoms with E-state index >= 15 is 13.7 Å². The predicted molar refractivity (Wildman–Crippen MR) is 546 cm³/mol. The van der Waals surface area contributed by atoms with Crippen molar-refractivity contribution in [3.63, 3.8) is 0 Å². The molecule has 0 aliphatic rings. The lowest BCUT2D eigenvalue weighted by atomic mass is 9.97. The van der Waals surface area contributed by atoms with E-state index in [-0.39, 0.29) is 0 Å². The summed E-state index contributed by atoms with van der Waals surface area (Å²) in [6.07, 6.45) is 0. The van der Waals surface area contributed by atoms with Gasteiger partial charge in [-0.1, -0.05) is 382 Å². The molecule has 0 aliphatic carbocycles. The van der Waals surface area contributed by atoms with Crippen molar-refractivity contribution in [2.45, 2.75) is 0 Å². The summed E-state index contributed by atoms with van der Waals surface area (Å²) in [6, 6.07) is 156. The molecule has 27 rings (SSSR count). The van der Waals surface area contributed by atoms with E-state index in [9.17, 15) is 0 Å². The summed E-state index contributed by atoms with van der Waals surface area (Å²) < 4.78 is 53.8. The van der Waals surface area contributed by atoms with E-state index in [4.69, 9.17) is 15.0 Å². The molecule has 0 aliphatic heterocycles. The molecule has 21 aromatic carbocycles. The second-order valence-corrected chi connectivity index (χ2v) is 41.6. The number of fused-ring (bicyclic) bond motifs is 33. The SMILES string of the molecule is O=P(c1ccccc1)(c1ccccc1)c1c2ccccc2cc2c3ccc4ccccc4c3c3nc4ccccc4n3c12.O=P(c1ccccc1)(c1ccccc1)c1ccc2cc3c4ccc5ccccc5c4c4nc5ccccc5n4c3cc2c1.O=P(c1ccccc1)(c1ccccc1)c1cccc2cc3c4ccc5ccccc5c4c4nc5ccccc5n4c3cc12. The van der Waals surface area contributed by atoms with Gasteiger partial charge in [0, 0.05) is 74.8 Å². The van der Waals surface area contributed by atoms with Gasteiger partial charge in [0.2, 0.25) is 0 Å². The Morgan fingerprint density at radius 1 is 0.178 bits per heavy atom. The van der Waals surface area contributed by atoms with Crippen LogP contribution in [-0.4, -0.2) is 28.2 Å². The van der Waals surface area contributed by atoms with Crippen LogP contribution in [0.15, 0.2) is 455 Å². The van der Waals surface area contributed by atoms with Crippen LogP contribution in [-0.2, 0) is 13.7 Å². The van der Waals surface area contributed by atoms with Crippen LogP contribution in [0.25, 0.3) is 180 Å². The number of imidazole rings is 3. The summed E-state index contributed by atoms with van der Waals surface area (Å²) in [7, 11) is -9.70. The molecule has 9 nitrogen and oxygen atoms in total. The number of para-hydroxylation sites is 6. The summed E-state index contributed by atoms with van der Waals surface area (Å²) in [5.74, 6) is 0. The normalized spacial score (nSPS) is 12.3. The lowest BCUT2D eigenvalue weighted by Gasteiger charge is -2.25. The quantitative estimate of drug-likeness (QED) is 0.0810. The van der Waals surface area contributed by atoms with Crippen LogP contribution in [0.4, 0.5) is 0 Å². The van der Waals surface area contributed by atoms with Gasteiger partial charge in [-0.15, -0.1) is 0 Å². The zero-order valence-corrected chi connectivity index (χ0v) is 72.2. The molecule has 6 heterocycles. The second kappa shape index (κ2) is 30.0. The fourth-order valence-corrected chi connectivity index (χ4v) is 29.1. The molecule has 606 valence electrons. The van der Waals surface area contributed by atoms with Gasteiger partial charge < -0.3 is 13.7 Å². The number of benzene rings is 21. The molecule has 129 heavy (non-hydrogen) atoms. The molecule has 0 N–H and O–H groups in total. The summed E-state index contributed by atoms with van der Waals surface area (Å²) in [5.41, 5.74) is 11.8. The lowest BCUT2D eigenvalue weighted by Crippen LogP contribution is -2.27. The van der Waals surface area contributed by atoms with Crippen molar-refractivity contribution in [2.24, 2.45) is 0 Å². The molecule has 0 atom stereocenters. The number of hydrogen-bond donors (Lipinski definition) is 0. The molecule has 0 saturated carbocycles. The lowest BCUT2D eigenvalue weighted by molar-refractivity contribution is 0.591. The molecule has 0 amide bonds. The summed E-state index contributed by atoms with van der Waals surface area (Å²) >= 11 is 0. The van der Waals surface area contributed by atoms with Crippen molar-refractivity contribution in [1.29, 1.82) is 0 Å². The average molecular weight is 1710 g/mol. The Hall–Kier alpha value is -15.7. The van der Waals surface area contributed by atoms with E-state index in [1.807, 2.05) is 212 Å². The van der Waals surface area contributed by atoms with Gasteiger partial charge in [0.1, 0.15) is 16.9 Å². The molecular formula is C117H75N6O3P3. The van der Waals surface area contributed by atoms with Crippen LogP contribution in [0, 0.1) is 0 Å². The van der Waals surface area contributed by atoms with Gasteiger partial charge in [0.05, 0.1) is 55.0 Å². The van der Waals surface area contributed by atoms with Crippen molar-refractivity contribution in [3.05, 3.63) is 455 Å². The predicted octanol–water partition coefficient (Wildman–Crippen LogP) is 26.2. The highest BCUT2D eigenvalue weighted by Gasteiger charge is 2.37. The minimum Gasteiger partial charge on any atom is -0.309 e. The second-order valence-electron chi connectivity index (χ2n) is 33.4. The Balaban J connectivity index is 0.000000105. The van der Waals surface area contributed by atoms with E-state index in [0.717, 1.165) is 190 Å². The smallest absolute Gasteiger partial charge is 0.173 e. The minimum absolute atomic E-state index is 0.815. The highest BCUT2D eigenvalue weighted by Crippen LogP contribution is 2.52. The van der Waals surface area contributed by atoms with Crippen LogP contribution in [0.3, 0.4) is 0 Å². The van der Waals surface area contributed by atoms with Crippen LogP contribution in [0.2, 0.25) is 0 Å². The van der Waals surface area contributed by atoms with Crippen molar-refractivity contribution >= 4 is 249 Å². The molecule has 0 unspecified atom stereocenters. The van der Waals surface area contributed by atoms with Gasteiger partial charge in [-0.25, -0.2) is 15.0 Å². The van der Waals surface area contributed by atoms with Crippen molar-refractivity contribution in [2.75, 3.05) is 0 Å². The summed E-state index contributed by atoms with van der Waals surface area (Å²) in [5, 5.41) is 31.1. The number of rotatable bonds is 9. The molecule has 27 aromatic rings. The van der Waals surface area contributed by atoms with E-state index in [0.29, 0.717) is 0 Å². The first-order valence-corrected chi connectivity index (χ1v) is 48.6. The van der Waals surface area contributed by atoms with Gasteiger partial charge >= 0.3 is 0 Å². The van der Waals surface area contributed by atoms with Gasteiger partial charge in [-0.05, 0) is 154 Å². The molecule has 0 bridgehead atoms. The zero-order chi connectivity index (χ0) is 85.6. The maximum absolute atomic E-state index is 16.3. The molecule has 0 spiro atoms. The van der Waals surface area contributed by atoms with Crippen molar-refractivity contribution in [3.8, 4) is 0 Å². The van der Waals surface area contributed by atoms with E-state index in [1.54, 1.807) is 0 Å². The monoisotopic (exact) mass is 1700 g/mol.